The molecule has 1 aromatic rings. The standard InChI is InChI=1S/C10H17N5OS/c1-8(15-4-2-3-5-15)6-11-9(16)13-10-14-12-7-17-10/h7-8H,2-6H2,1H3,(H2,11,13,14,16)/t8-/m1/s1. The summed E-state index contributed by atoms with van der Waals surface area (Å²) in [6.45, 7) is 5.07. The molecule has 2 rings (SSSR count). The molecule has 0 bridgehead atoms. The molecule has 1 atom stereocenters. The van der Waals surface area contributed by atoms with Crippen molar-refractivity contribution in [1.82, 2.24) is 20.4 Å². The Morgan fingerprint density at radius 2 is 2.35 bits per heavy atom. The van der Waals surface area contributed by atoms with Crippen LogP contribution in [-0.4, -0.2) is 46.8 Å². The number of rotatable bonds is 4. The van der Waals surface area contributed by atoms with E-state index in [9.17, 15) is 4.79 Å². The Kier molecular flexibility index (Phi) is 4.27. The minimum atomic E-state index is -0.215. The number of anilines is 1. The van der Waals surface area contributed by atoms with E-state index >= 15 is 0 Å². The summed E-state index contributed by atoms with van der Waals surface area (Å²) >= 11 is 1.31. The fraction of sp³-hybridized carbons (Fsp3) is 0.700. The number of nitrogens with zero attached hydrogens (tertiary/aromatic N) is 3. The molecule has 1 fully saturated rings. The number of hydrogen-bond acceptors (Lipinski definition) is 5. The lowest BCUT2D eigenvalue weighted by atomic mass is 10.3. The van der Waals surface area contributed by atoms with E-state index in [0.29, 0.717) is 17.7 Å². The van der Waals surface area contributed by atoms with E-state index in [4.69, 9.17) is 0 Å². The number of nitrogens with one attached hydrogen (secondary N) is 2. The SMILES string of the molecule is C[C@H](CNC(=O)Nc1nncs1)N1CCCC1. The van der Waals surface area contributed by atoms with Gasteiger partial charge in [-0.05, 0) is 32.9 Å². The summed E-state index contributed by atoms with van der Waals surface area (Å²) in [6, 6.07) is 0.172. The number of hydrogen-bond donors (Lipinski definition) is 2. The van der Waals surface area contributed by atoms with E-state index < -0.39 is 0 Å². The molecule has 2 N–H and O–H groups in total. The predicted molar refractivity (Wildman–Crippen MR) is 67.2 cm³/mol. The molecule has 2 amide bonds. The fourth-order valence-corrected chi connectivity index (χ4v) is 2.36. The first kappa shape index (κ1) is 12.3. The second kappa shape index (κ2) is 5.92. The van der Waals surface area contributed by atoms with Crippen LogP contribution in [0.5, 0.6) is 0 Å². The van der Waals surface area contributed by atoms with Crippen molar-refractivity contribution in [2.24, 2.45) is 0 Å². The average Bonchev–Trinajstić information content (AvgIpc) is 2.97. The van der Waals surface area contributed by atoms with Gasteiger partial charge < -0.3 is 5.32 Å². The van der Waals surface area contributed by atoms with Gasteiger partial charge in [0, 0.05) is 12.6 Å². The summed E-state index contributed by atoms with van der Waals surface area (Å²) in [4.78, 5) is 13.9. The molecular weight excluding hydrogens is 238 g/mol. The normalized spacial score (nSPS) is 17.9. The van der Waals surface area contributed by atoms with Gasteiger partial charge in [0.05, 0.1) is 0 Å². The Morgan fingerprint density at radius 3 is 3.00 bits per heavy atom. The van der Waals surface area contributed by atoms with Gasteiger partial charge in [0.25, 0.3) is 0 Å². The molecule has 0 spiro atoms. The lowest BCUT2D eigenvalue weighted by Gasteiger charge is -2.23. The molecule has 0 aliphatic carbocycles. The zero-order valence-corrected chi connectivity index (χ0v) is 10.7. The molecule has 1 saturated heterocycles. The Bertz CT molecular complexity index is 350. The first-order chi connectivity index (χ1) is 8.25. The lowest BCUT2D eigenvalue weighted by Crippen LogP contribution is -2.42. The Hall–Kier alpha value is -1.21. The summed E-state index contributed by atoms with van der Waals surface area (Å²) in [5, 5.41) is 13.4. The highest BCUT2D eigenvalue weighted by Gasteiger charge is 2.18. The molecule has 1 aliphatic rings. The molecule has 17 heavy (non-hydrogen) atoms. The summed E-state index contributed by atoms with van der Waals surface area (Å²) in [5.41, 5.74) is 1.59. The second-order valence-corrected chi connectivity index (χ2v) is 5.00. The highest BCUT2D eigenvalue weighted by atomic mass is 32.1. The third-order valence-corrected chi connectivity index (χ3v) is 3.51. The highest BCUT2D eigenvalue weighted by Crippen LogP contribution is 2.11. The van der Waals surface area contributed by atoms with Crippen LogP contribution < -0.4 is 10.6 Å². The van der Waals surface area contributed by atoms with Crippen LogP contribution in [0, 0.1) is 0 Å². The number of amides is 2. The maximum atomic E-state index is 11.5. The molecule has 0 radical (unpaired) electrons. The molecular formula is C10H17N5OS. The van der Waals surface area contributed by atoms with Crippen LogP contribution in [0.25, 0.3) is 0 Å². The van der Waals surface area contributed by atoms with Gasteiger partial charge in [-0.2, -0.15) is 0 Å². The quantitative estimate of drug-likeness (QED) is 0.846. The lowest BCUT2D eigenvalue weighted by molar-refractivity contribution is 0.234. The number of carbonyl (C=O) groups excluding carboxylic acids is 1. The number of urea groups is 1. The summed E-state index contributed by atoms with van der Waals surface area (Å²) in [5.74, 6) is 0. The average molecular weight is 255 g/mol. The highest BCUT2D eigenvalue weighted by molar-refractivity contribution is 7.13. The molecule has 0 saturated carbocycles. The van der Waals surface area contributed by atoms with Crippen LogP contribution in [0.3, 0.4) is 0 Å². The summed E-state index contributed by atoms with van der Waals surface area (Å²) in [6.07, 6.45) is 2.53. The van der Waals surface area contributed by atoms with Gasteiger partial charge in [-0.15, -0.1) is 10.2 Å². The van der Waals surface area contributed by atoms with Gasteiger partial charge in [0.15, 0.2) is 0 Å². The van der Waals surface area contributed by atoms with E-state index in [0.717, 1.165) is 13.1 Å². The first-order valence-electron chi connectivity index (χ1n) is 5.81. The molecule has 1 aromatic heterocycles. The van der Waals surface area contributed by atoms with E-state index in [2.05, 4.69) is 32.7 Å². The van der Waals surface area contributed by atoms with Crippen molar-refractivity contribution in [3.05, 3.63) is 5.51 Å². The van der Waals surface area contributed by atoms with E-state index in [-0.39, 0.29) is 6.03 Å². The number of aromatic nitrogens is 2. The Morgan fingerprint density at radius 1 is 1.59 bits per heavy atom. The van der Waals surface area contributed by atoms with E-state index in [1.807, 2.05) is 0 Å². The molecule has 94 valence electrons. The van der Waals surface area contributed by atoms with Crippen molar-refractivity contribution < 1.29 is 4.79 Å². The zero-order chi connectivity index (χ0) is 12.1. The van der Waals surface area contributed by atoms with Crippen LogP contribution in [0.1, 0.15) is 19.8 Å². The minimum absolute atomic E-state index is 0.215. The van der Waals surface area contributed by atoms with Crippen molar-refractivity contribution in [1.29, 1.82) is 0 Å². The number of likely N-dealkylation sites (tertiary alicyclic amines) is 1. The maximum absolute atomic E-state index is 11.5. The Labute approximate surface area is 104 Å². The molecule has 6 nitrogen and oxygen atoms in total. The second-order valence-electron chi connectivity index (χ2n) is 4.17. The minimum Gasteiger partial charge on any atom is -0.336 e. The van der Waals surface area contributed by atoms with Gasteiger partial charge in [0.1, 0.15) is 5.51 Å². The molecule has 0 aromatic carbocycles. The molecule has 0 unspecified atom stereocenters. The van der Waals surface area contributed by atoms with Gasteiger partial charge in [-0.3, -0.25) is 10.2 Å². The van der Waals surface area contributed by atoms with Crippen LogP contribution in [-0.2, 0) is 0 Å². The van der Waals surface area contributed by atoms with E-state index in [1.165, 1.54) is 24.2 Å². The molecule has 1 aliphatic heterocycles. The van der Waals surface area contributed by atoms with Crippen LogP contribution in [0.15, 0.2) is 5.51 Å². The van der Waals surface area contributed by atoms with Crippen LogP contribution in [0.2, 0.25) is 0 Å². The van der Waals surface area contributed by atoms with Crippen LogP contribution >= 0.6 is 11.3 Å². The maximum Gasteiger partial charge on any atom is 0.321 e. The topological polar surface area (TPSA) is 70.1 Å². The first-order valence-corrected chi connectivity index (χ1v) is 6.69. The number of carbonyl (C=O) groups is 1. The molecule has 7 heteroatoms. The van der Waals surface area contributed by atoms with Gasteiger partial charge in [-0.1, -0.05) is 11.3 Å². The van der Waals surface area contributed by atoms with Crippen molar-refractivity contribution in [3.63, 3.8) is 0 Å². The van der Waals surface area contributed by atoms with Crippen molar-refractivity contribution >= 4 is 22.5 Å². The largest absolute Gasteiger partial charge is 0.336 e. The zero-order valence-electron chi connectivity index (χ0n) is 9.85. The third kappa shape index (κ3) is 3.64. The summed E-state index contributed by atoms with van der Waals surface area (Å²) < 4.78 is 0. The monoisotopic (exact) mass is 255 g/mol. The van der Waals surface area contributed by atoms with Crippen LogP contribution in [0.4, 0.5) is 9.93 Å². The van der Waals surface area contributed by atoms with Crippen molar-refractivity contribution in [2.75, 3.05) is 25.0 Å². The fourth-order valence-electron chi connectivity index (χ4n) is 1.92. The predicted octanol–water partition coefficient (Wildman–Crippen LogP) is 1.14. The van der Waals surface area contributed by atoms with E-state index in [1.54, 1.807) is 5.51 Å². The van der Waals surface area contributed by atoms with Gasteiger partial charge in [0.2, 0.25) is 5.13 Å². The Balaban J connectivity index is 1.68. The van der Waals surface area contributed by atoms with Crippen molar-refractivity contribution in [2.45, 2.75) is 25.8 Å². The smallest absolute Gasteiger partial charge is 0.321 e. The molecule has 2 heterocycles. The third-order valence-electron chi connectivity index (χ3n) is 2.90. The van der Waals surface area contributed by atoms with Gasteiger partial charge in [-0.25, -0.2) is 4.79 Å². The van der Waals surface area contributed by atoms with Gasteiger partial charge >= 0.3 is 6.03 Å². The van der Waals surface area contributed by atoms with Crippen molar-refractivity contribution in [3.8, 4) is 0 Å². The summed E-state index contributed by atoms with van der Waals surface area (Å²) in [7, 11) is 0.